The molecule has 4 heteroatoms. The second kappa shape index (κ2) is 4.77. The summed E-state index contributed by atoms with van der Waals surface area (Å²) in [6.07, 6.45) is 5.89. The molecule has 2 heterocycles. The van der Waals surface area contributed by atoms with E-state index in [1.165, 1.54) is 0 Å². The Bertz CT molecular complexity index is 278. The molecule has 0 unspecified atom stereocenters. The van der Waals surface area contributed by atoms with Gasteiger partial charge < -0.3 is 15.0 Å². The number of hydrogen-bond acceptors (Lipinski definition) is 3. The predicted molar refractivity (Wildman–Crippen MR) is 58.5 cm³/mol. The summed E-state index contributed by atoms with van der Waals surface area (Å²) in [5, 5.41) is 3.47. The maximum absolute atomic E-state index is 5.37. The van der Waals surface area contributed by atoms with Gasteiger partial charge in [0.1, 0.15) is 0 Å². The first-order valence-corrected chi connectivity index (χ1v) is 5.54. The highest BCUT2D eigenvalue weighted by atomic mass is 16.5. The molecule has 0 spiro atoms. The van der Waals surface area contributed by atoms with Crippen LogP contribution in [0.2, 0.25) is 0 Å². The van der Waals surface area contributed by atoms with Gasteiger partial charge in [0, 0.05) is 38.2 Å². The summed E-state index contributed by atoms with van der Waals surface area (Å²) in [6, 6.07) is 0. The predicted octanol–water partition coefficient (Wildman–Crippen LogP) is 1.32. The lowest BCUT2D eigenvalue weighted by Crippen LogP contribution is -2.36. The Morgan fingerprint density at radius 1 is 1.53 bits per heavy atom. The van der Waals surface area contributed by atoms with Gasteiger partial charge in [-0.2, -0.15) is 0 Å². The number of ether oxygens (including phenoxy) is 1. The molecule has 1 saturated heterocycles. The van der Waals surface area contributed by atoms with Crippen molar-refractivity contribution in [3.63, 3.8) is 0 Å². The molecule has 15 heavy (non-hydrogen) atoms. The van der Waals surface area contributed by atoms with Crippen LogP contribution in [0.25, 0.3) is 0 Å². The SMILES string of the molecule is CC1(CNCc2cnc[nH]2)CCOCC1. The molecule has 1 aromatic heterocycles. The molecule has 0 bridgehead atoms. The van der Waals surface area contributed by atoms with Gasteiger partial charge in [-0.15, -0.1) is 0 Å². The number of aromatic amines is 1. The van der Waals surface area contributed by atoms with Crippen LogP contribution in [0.4, 0.5) is 0 Å². The number of hydrogen-bond donors (Lipinski definition) is 2. The fraction of sp³-hybridized carbons (Fsp3) is 0.727. The summed E-state index contributed by atoms with van der Waals surface area (Å²) < 4.78 is 5.37. The Morgan fingerprint density at radius 2 is 2.33 bits per heavy atom. The Hall–Kier alpha value is -0.870. The molecule has 84 valence electrons. The van der Waals surface area contributed by atoms with Crippen molar-refractivity contribution in [3.05, 3.63) is 18.2 Å². The van der Waals surface area contributed by atoms with Gasteiger partial charge in [0.2, 0.25) is 0 Å². The first-order valence-electron chi connectivity index (χ1n) is 5.54. The zero-order chi connectivity index (χ0) is 10.6. The van der Waals surface area contributed by atoms with E-state index in [0.29, 0.717) is 5.41 Å². The summed E-state index contributed by atoms with van der Waals surface area (Å²) in [5.74, 6) is 0. The van der Waals surface area contributed by atoms with Crippen LogP contribution in [0.15, 0.2) is 12.5 Å². The van der Waals surface area contributed by atoms with E-state index in [0.717, 1.165) is 44.8 Å². The maximum atomic E-state index is 5.37. The molecule has 2 rings (SSSR count). The molecule has 4 nitrogen and oxygen atoms in total. The number of aromatic nitrogens is 2. The molecule has 0 amide bonds. The minimum Gasteiger partial charge on any atom is -0.381 e. The van der Waals surface area contributed by atoms with E-state index in [1.807, 2.05) is 6.20 Å². The smallest absolute Gasteiger partial charge is 0.0922 e. The van der Waals surface area contributed by atoms with Crippen molar-refractivity contribution in [2.45, 2.75) is 26.3 Å². The molecule has 0 atom stereocenters. The lowest BCUT2D eigenvalue weighted by atomic mass is 9.82. The lowest BCUT2D eigenvalue weighted by Gasteiger charge is -2.33. The Morgan fingerprint density at radius 3 is 3.00 bits per heavy atom. The van der Waals surface area contributed by atoms with Crippen LogP contribution in [-0.4, -0.2) is 29.7 Å². The van der Waals surface area contributed by atoms with E-state index in [1.54, 1.807) is 6.33 Å². The first-order chi connectivity index (χ1) is 7.29. The van der Waals surface area contributed by atoms with E-state index < -0.39 is 0 Å². The Kier molecular flexibility index (Phi) is 3.38. The van der Waals surface area contributed by atoms with Gasteiger partial charge in [-0.05, 0) is 18.3 Å². The molecule has 1 aromatic rings. The summed E-state index contributed by atoms with van der Waals surface area (Å²) in [4.78, 5) is 7.08. The van der Waals surface area contributed by atoms with E-state index in [-0.39, 0.29) is 0 Å². The van der Waals surface area contributed by atoms with Crippen molar-refractivity contribution in [3.8, 4) is 0 Å². The number of nitrogens with zero attached hydrogens (tertiary/aromatic N) is 1. The van der Waals surface area contributed by atoms with Crippen LogP contribution in [-0.2, 0) is 11.3 Å². The van der Waals surface area contributed by atoms with Crippen molar-refractivity contribution in [1.82, 2.24) is 15.3 Å². The second-order valence-electron chi connectivity index (χ2n) is 4.60. The van der Waals surface area contributed by atoms with Gasteiger partial charge >= 0.3 is 0 Å². The standard InChI is InChI=1S/C11H19N3O/c1-11(2-4-15-5-3-11)8-12-6-10-7-13-9-14-10/h7,9,12H,2-6,8H2,1H3,(H,13,14). The molecule has 1 fully saturated rings. The minimum absolute atomic E-state index is 0.401. The average Bonchev–Trinajstić information content (AvgIpc) is 2.71. The number of nitrogens with one attached hydrogen (secondary N) is 2. The van der Waals surface area contributed by atoms with E-state index in [2.05, 4.69) is 22.2 Å². The molecule has 0 aromatic carbocycles. The van der Waals surface area contributed by atoms with Gasteiger partial charge in [0.05, 0.1) is 6.33 Å². The van der Waals surface area contributed by atoms with Crippen molar-refractivity contribution in [2.24, 2.45) is 5.41 Å². The van der Waals surface area contributed by atoms with Crippen LogP contribution in [0.3, 0.4) is 0 Å². The zero-order valence-electron chi connectivity index (χ0n) is 9.25. The molecular weight excluding hydrogens is 190 g/mol. The van der Waals surface area contributed by atoms with Crippen LogP contribution < -0.4 is 5.32 Å². The van der Waals surface area contributed by atoms with Crippen molar-refractivity contribution < 1.29 is 4.74 Å². The summed E-state index contributed by atoms with van der Waals surface area (Å²) in [7, 11) is 0. The highest BCUT2D eigenvalue weighted by Gasteiger charge is 2.26. The van der Waals surface area contributed by atoms with Crippen molar-refractivity contribution in [2.75, 3.05) is 19.8 Å². The van der Waals surface area contributed by atoms with Gasteiger partial charge in [0.15, 0.2) is 0 Å². The largest absolute Gasteiger partial charge is 0.381 e. The average molecular weight is 209 g/mol. The number of imidazole rings is 1. The van der Waals surface area contributed by atoms with Crippen molar-refractivity contribution >= 4 is 0 Å². The van der Waals surface area contributed by atoms with Gasteiger partial charge in [0.25, 0.3) is 0 Å². The molecule has 1 aliphatic heterocycles. The van der Waals surface area contributed by atoms with Crippen molar-refractivity contribution in [1.29, 1.82) is 0 Å². The van der Waals surface area contributed by atoms with Crippen LogP contribution in [0.1, 0.15) is 25.5 Å². The summed E-state index contributed by atoms with van der Waals surface area (Å²) in [6.45, 7) is 6.06. The molecule has 1 aliphatic rings. The Balaban J connectivity index is 1.72. The third kappa shape index (κ3) is 3.04. The fourth-order valence-corrected chi connectivity index (χ4v) is 1.92. The third-order valence-corrected chi connectivity index (χ3v) is 3.12. The highest BCUT2D eigenvalue weighted by Crippen LogP contribution is 2.28. The monoisotopic (exact) mass is 209 g/mol. The van der Waals surface area contributed by atoms with Gasteiger partial charge in [-0.25, -0.2) is 4.98 Å². The minimum atomic E-state index is 0.401. The van der Waals surface area contributed by atoms with E-state index in [9.17, 15) is 0 Å². The maximum Gasteiger partial charge on any atom is 0.0922 e. The summed E-state index contributed by atoms with van der Waals surface area (Å²) >= 11 is 0. The van der Waals surface area contributed by atoms with Gasteiger partial charge in [-0.1, -0.05) is 6.92 Å². The number of H-pyrrole nitrogens is 1. The molecule has 2 N–H and O–H groups in total. The number of rotatable bonds is 4. The fourth-order valence-electron chi connectivity index (χ4n) is 1.92. The third-order valence-electron chi connectivity index (χ3n) is 3.12. The Labute approximate surface area is 90.4 Å². The zero-order valence-corrected chi connectivity index (χ0v) is 9.25. The normalized spacial score (nSPS) is 20.3. The van der Waals surface area contributed by atoms with E-state index >= 15 is 0 Å². The first kappa shape index (κ1) is 10.6. The molecule has 0 saturated carbocycles. The molecule has 0 aliphatic carbocycles. The van der Waals surface area contributed by atoms with Crippen LogP contribution in [0, 0.1) is 5.41 Å². The second-order valence-corrected chi connectivity index (χ2v) is 4.60. The molecular formula is C11H19N3O. The quantitative estimate of drug-likeness (QED) is 0.786. The summed E-state index contributed by atoms with van der Waals surface area (Å²) in [5.41, 5.74) is 1.55. The lowest BCUT2D eigenvalue weighted by molar-refractivity contribution is 0.0240. The highest BCUT2D eigenvalue weighted by molar-refractivity contribution is 4.93. The van der Waals surface area contributed by atoms with Gasteiger partial charge in [-0.3, -0.25) is 0 Å². The molecule has 0 radical (unpaired) electrons. The van der Waals surface area contributed by atoms with E-state index in [4.69, 9.17) is 4.74 Å². The van der Waals surface area contributed by atoms with Crippen LogP contribution >= 0.6 is 0 Å². The van der Waals surface area contributed by atoms with Crippen LogP contribution in [0.5, 0.6) is 0 Å². The topological polar surface area (TPSA) is 49.9 Å².